The molecule has 3 aromatic heterocycles. The number of aromatic nitrogens is 3. The molecule has 0 radical (unpaired) electrons. The Morgan fingerprint density at radius 1 is 1.03 bits per heavy atom. The number of aryl methyl sites for hydroxylation is 1. The maximum atomic E-state index is 12.7. The van der Waals surface area contributed by atoms with Crippen LogP contribution in [-0.4, -0.2) is 27.4 Å². The van der Waals surface area contributed by atoms with E-state index < -0.39 is 0 Å². The van der Waals surface area contributed by atoms with Crippen molar-refractivity contribution in [2.24, 2.45) is 0 Å². The molecule has 0 bridgehead atoms. The molecule has 8 heteroatoms. The van der Waals surface area contributed by atoms with Gasteiger partial charge < -0.3 is 19.2 Å². The van der Waals surface area contributed by atoms with Crippen LogP contribution in [-0.2, 0) is 17.8 Å². The number of hydrogen-bond donors (Lipinski definition) is 1. The van der Waals surface area contributed by atoms with E-state index in [1.54, 1.807) is 25.3 Å². The van der Waals surface area contributed by atoms with E-state index in [9.17, 15) is 4.79 Å². The second-order valence-electron chi connectivity index (χ2n) is 8.09. The van der Waals surface area contributed by atoms with Crippen molar-refractivity contribution in [3.05, 3.63) is 95.4 Å². The molecule has 0 aliphatic carbocycles. The van der Waals surface area contributed by atoms with Crippen molar-refractivity contribution in [3.8, 4) is 22.1 Å². The molecule has 2 aromatic carbocycles. The number of amides is 1. The minimum atomic E-state index is -0.151. The van der Waals surface area contributed by atoms with E-state index in [0.717, 1.165) is 27.6 Å². The predicted octanol–water partition coefficient (Wildman–Crippen LogP) is 5.54. The maximum absolute atomic E-state index is 12.7. The number of imidazole rings is 1. The molecule has 5 aromatic rings. The summed E-state index contributed by atoms with van der Waals surface area (Å²) < 4.78 is 13.4. The first-order valence-corrected chi connectivity index (χ1v) is 12.0. The van der Waals surface area contributed by atoms with Crippen molar-refractivity contribution in [1.29, 1.82) is 0 Å². The highest BCUT2D eigenvalue weighted by molar-refractivity contribution is 7.13. The van der Waals surface area contributed by atoms with E-state index in [2.05, 4.69) is 34.3 Å². The smallest absolute Gasteiger partial charge is 0.230 e. The molecule has 0 atom stereocenters. The van der Waals surface area contributed by atoms with E-state index in [1.165, 1.54) is 16.9 Å². The zero-order chi connectivity index (χ0) is 24.2. The van der Waals surface area contributed by atoms with Crippen LogP contribution in [0.15, 0.2) is 78.4 Å². The Morgan fingerprint density at radius 3 is 2.69 bits per heavy atom. The number of methoxy groups -OCH3 is 1. The Hall–Kier alpha value is -4.17. The van der Waals surface area contributed by atoms with E-state index in [4.69, 9.17) is 9.47 Å². The quantitative estimate of drug-likeness (QED) is 0.313. The van der Waals surface area contributed by atoms with Crippen molar-refractivity contribution in [1.82, 2.24) is 14.4 Å². The molecule has 0 aliphatic heterocycles. The highest BCUT2D eigenvalue weighted by Gasteiger charge is 2.12. The molecule has 0 unspecified atom stereocenters. The zero-order valence-electron chi connectivity index (χ0n) is 19.4. The molecular weight excluding hydrogens is 460 g/mol. The van der Waals surface area contributed by atoms with Gasteiger partial charge in [0.05, 0.1) is 24.9 Å². The second kappa shape index (κ2) is 9.99. The average molecular weight is 485 g/mol. The highest BCUT2D eigenvalue weighted by atomic mass is 32.1. The third-order valence-corrected chi connectivity index (χ3v) is 6.37. The summed E-state index contributed by atoms with van der Waals surface area (Å²) in [5.74, 6) is 0.953. The number of ether oxygens (including phenoxy) is 2. The first-order chi connectivity index (χ1) is 17.1. The summed E-state index contributed by atoms with van der Waals surface area (Å²) in [4.78, 5) is 21.9. The Balaban J connectivity index is 1.24. The zero-order valence-corrected chi connectivity index (χ0v) is 20.2. The van der Waals surface area contributed by atoms with Gasteiger partial charge in [-0.15, -0.1) is 11.3 Å². The molecule has 1 N–H and O–H groups in total. The number of anilines is 1. The van der Waals surface area contributed by atoms with Crippen LogP contribution < -0.4 is 14.8 Å². The number of thiazole rings is 1. The van der Waals surface area contributed by atoms with Gasteiger partial charge in [-0.25, -0.2) is 9.97 Å². The Morgan fingerprint density at radius 2 is 1.89 bits per heavy atom. The number of nitrogens with one attached hydrogen (secondary N) is 1. The van der Waals surface area contributed by atoms with Gasteiger partial charge in [0.2, 0.25) is 5.91 Å². The van der Waals surface area contributed by atoms with Crippen LogP contribution in [0.4, 0.5) is 5.69 Å². The first-order valence-electron chi connectivity index (χ1n) is 11.1. The molecule has 0 saturated heterocycles. The van der Waals surface area contributed by atoms with Crippen molar-refractivity contribution in [2.75, 3.05) is 12.4 Å². The van der Waals surface area contributed by atoms with Crippen LogP contribution >= 0.6 is 11.3 Å². The summed E-state index contributed by atoms with van der Waals surface area (Å²) in [7, 11) is 1.58. The molecule has 35 heavy (non-hydrogen) atoms. The molecule has 3 heterocycles. The van der Waals surface area contributed by atoms with Gasteiger partial charge in [0, 0.05) is 35.1 Å². The third kappa shape index (κ3) is 5.33. The van der Waals surface area contributed by atoms with E-state index in [1.807, 2.05) is 52.5 Å². The minimum Gasteiger partial charge on any atom is -0.493 e. The van der Waals surface area contributed by atoms with Gasteiger partial charge in [0.1, 0.15) is 17.3 Å². The number of pyridine rings is 1. The van der Waals surface area contributed by atoms with E-state index in [-0.39, 0.29) is 18.9 Å². The standard InChI is InChI=1S/C27H24N4O3S/c1-18-6-8-19(9-7-18)27-30-21(17-35-27)14-26(32)29-20-10-11-23(33-2)24(13-20)34-16-22-15-31-12-4-3-5-25(31)28-22/h3-13,15,17H,14,16H2,1-2H3,(H,29,32). The van der Waals surface area contributed by atoms with Gasteiger partial charge in [-0.3, -0.25) is 4.79 Å². The number of benzene rings is 2. The van der Waals surface area contributed by atoms with E-state index >= 15 is 0 Å². The van der Waals surface area contributed by atoms with Gasteiger partial charge in [0.25, 0.3) is 0 Å². The first kappa shape index (κ1) is 22.6. The fourth-order valence-corrected chi connectivity index (χ4v) is 4.49. The number of rotatable bonds is 8. The van der Waals surface area contributed by atoms with E-state index in [0.29, 0.717) is 17.2 Å². The lowest BCUT2D eigenvalue weighted by Gasteiger charge is -2.12. The summed E-state index contributed by atoms with van der Waals surface area (Å²) in [5.41, 5.74) is 5.25. The Kier molecular flexibility index (Phi) is 6.45. The Bertz CT molecular complexity index is 1440. The van der Waals surface area contributed by atoms with Gasteiger partial charge in [-0.2, -0.15) is 0 Å². The molecule has 1 amide bonds. The SMILES string of the molecule is COc1ccc(NC(=O)Cc2csc(-c3ccc(C)cc3)n2)cc1OCc1cn2ccccc2n1. The third-order valence-electron chi connectivity index (χ3n) is 5.43. The fourth-order valence-electron chi connectivity index (χ4n) is 3.66. The van der Waals surface area contributed by atoms with Crippen LogP contribution in [0.2, 0.25) is 0 Å². The summed E-state index contributed by atoms with van der Waals surface area (Å²) >= 11 is 1.53. The largest absolute Gasteiger partial charge is 0.493 e. The number of carbonyl (C=O) groups excluding carboxylic acids is 1. The summed E-state index contributed by atoms with van der Waals surface area (Å²) in [5, 5.41) is 5.75. The van der Waals surface area contributed by atoms with Crippen LogP contribution in [0.5, 0.6) is 11.5 Å². The summed E-state index contributed by atoms with van der Waals surface area (Å²) in [6.45, 7) is 2.33. The van der Waals surface area contributed by atoms with Crippen molar-refractivity contribution >= 4 is 28.6 Å². The lowest BCUT2D eigenvalue weighted by atomic mass is 10.2. The van der Waals surface area contributed by atoms with Crippen LogP contribution in [0.25, 0.3) is 16.2 Å². The molecule has 0 saturated carbocycles. The van der Waals surface area contributed by atoms with Gasteiger partial charge in [-0.05, 0) is 31.2 Å². The molecule has 0 fully saturated rings. The summed E-state index contributed by atoms with van der Waals surface area (Å²) in [6.07, 6.45) is 4.05. The Labute approximate surface area is 207 Å². The van der Waals surface area contributed by atoms with Crippen molar-refractivity contribution in [3.63, 3.8) is 0 Å². The lowest BCUT2D eigenvalue weighted by molar-refractivity contribution is -0.115. The van der Waals surface area contributed by atoms with Gasteiger partial charge >= 0.3 is 0 Å². The number of fused-ring (bicyclic) bond motifs is 1. The van der Waals surface area contributed by atoms with Crippen LogP contribution in [0.3, 0.4) is 0 Å². The topological polar surface area (TPSA) is 77.8 Å². The predicted molar refractivity (Wildman–Crippen MR) is 137 cm³/mol. The maximum Gasteiger partial charge on any atom is 0.230 e. The number of nitrogens with zero attached hydrogens (tertiary/aromatic N) is 3. The summed E-state index contributed by atoms with van der Waals surface area (Å²) in [6, 6.07) is 19.3. The van der Waals surface area contributed by atoms with Crippen molar-refractivity contribution in [2.45, 2.75) is 20.0 Å². The fraction of sp³-hybridized carbons (Fsp3) is 0.148. The molecule has 0 spiro atoms. The second-order valence-corrected chi connectivity index (χ2v) is 8.95. The molecule has 7 nitrogen and oxygen atoms in total. The lowest BCUT2D eigenvalue weighted by Crippen LogP contribution is -2.14. The minimum absolute atomic E-state index is 0.151. The number of carbonyl (C=O) groups is 1. The van der Waals surface area contributed by atoms with Gasteiger partial charge in [0.15, 0.2) is 11.5 Å². The monoisotopic (exact) mass is 484 g/mol. The molecule has 176 valence electrons. The molecule has 0 aliphatic rings. The van der Waals surface area contributed by atoms with Crippen LogP contribution in [0, 0.1) is 6.92 Å². The number of hydrogen-bond acceptors (Lipinski definition) is 6. The molecule has 5 rings (SSSR count). The van der Waals surface area contributed by atoms with Crippen LogP contribution in [0.1, 0.15) is 17.0 Å². The van der Waals surface area contributed by atoms with Crippen molar-refractivity contribution < 1.29 is 14.3 Å². The average Bonchev–Trinajstić information content (AvgIpc) is 3.50. The molecular formula is C27H24N4O3S. The highest BCUT2D eigenvalue weighted by Crippen LogP contribution is 2.31. The normalized spacial score (nSPS) is 10.9. The van der Waals surface area contributed by atoms with Gasteiger partial charge in [-0.1, -0.05) is 35.9 Å².